The molecule has 142 valence electrons. The minimum absolute atomic E-state index is 0.0305. The number of anilines is 1. The van der Waals surface area contributed by atoms with Crippen LogP contribution >= 0.6 is 0 Å². The lowest BCUT2D eigenvalue weighted by atomic mass is 10.0. The van der Waals surface area contributed by atoms with E-state index in [1.54, 1.807) is 17.0 Å². The summed E-state index contributed by atoms with van der Waals surface area (Å²) in [4.78, 5) is 16.5. The molecule has 5 nitrogen and oxygen atoms in total. The summed E-state index contributed by atoms with van der Waals surface area (Å²) in [5.41, 5.74) is 2.62. The van der Waals surface area contributed by atoms with Gasteiger partial charge in [0.1, 0.15) is 5.82 Å². The molecule has 27 heavy (non-hydrogen) atoms. The van der Waals surface area contributed by atoms with Gasteiger partial charge in [-0.25, -0.2) is 12.8 Å². The van der Waals surface area contributed by atoms with E-state index in [1.165, 1.54) is 12.1 Å². The second kappa shape index (κ2) is 6.73. The van der Waals surface area contributed by atoms with Crippen molar-refractivity contribution in [1.29, 1.82) is 0 Å². The summed E-state index contributed by atoms with van der Waals surface area (Å²) >= 11 is 0. The first-order valence-electron chi connectivity index (χ1n) is 8.90. The Morgan fingerprint density at radius 3 is 2.48 bits per heavy atom. The molecule has 2 aromatic rings. The molecule has 1 amide bonds. The van der Waals surface area contributed by atoms with Crippen molar-refractivity contribution < 1.29 is 17.6 Å². The largest absolute Gasteiger partial charge is 0.306 e. The van der Waals surface area contributed by atoms with Crippen LogP contribution in [0.2, 0.25) is 0 Å². The molecule has 2 aromatic carbocycles. The average molecular weight is 388 g/mol. The number of nitrogens with zero attached hydrogens (tertiary/aromatic N) is 2. The Bertz CT molecular complexity index is 975. The van der Waals surface area contributed by atoms with Crippen LogP contribution in [0.15, 0.2) is 48.5 Å². The quantitative estimate of drug-likeness (QED) is 0.809. The molecule has 2 aliphatic heterocycles. The molecule has 7 heteroatoms. The Labute approximate surface area is 158 Å². The van der Waals surface area contributed by atoms with E-state index >= 15 is 0 Å². The van der Waals surface area contributed by atoms with Gasteiger partial charge in [0.2, 0.25) is 5.91 Å². The maximum atomic E-state index is 13.2. The third kappa shape index (κ3) is 3.61. The van der Waals surface area contributed by atoms with Gasteiger partial charge < -0.3 is 4.90 Å². The summed E-state index contributed by atoms with van der Waals surface area (Å²) in [5, 5.41) is 0. The SMILES string of the molecule is Cc1cccc(N2C(=O)CN(Cc3ccc(F)cc3)C3CS(=O)(=O)CC32)c1. The molecule has 0 bridgehead atoms. The Morgan fingerprint density at radius 1 is 1.07 bits per heavy atom. The van der Waals surface area contributed by atoms with Crippen molar-refractivity contribution in [1.82, 2.24) is 4.90 Å². The molecule has 0 N–H and O–H groups in total. The van der Waals surface area contributed by atoms with Crippen molar-refractivity contribution in [2.45, 2.75) is 25.6 Å². The first kappa shape index (κ1) is 18.1. The number of piperazine rings is 1. The monoisotopic (exact) mass is 388 g/mol. The highest BCUT2D eigenvalue weighted by atomic mass is 32.2. The first-order valence-corrected chi connectivity index (χ1v) is 10.7. The van der Waals surface area contributed by atoms with Crippen molar-refractivity contribution in [3.8, 4) is 0 Å². The fraction of sp³-hybridized carbons (Fsp3) is 0.350. The van der Waals surface area contributed by atoms with Gasteiger partial charge in [-0.05, 0) is 42.3 Å². The Hall–Kier alpha value is -2.25. The molecule has 2 saturated heterocycles. The van der Waals surface area contributed by atoms with Crippen LogP contribution in [0.3, 0.4) is 0 Å². The lowest BCUT2D eigenvalue weighted by Crippen LogP contribution is -2.61. The van der Waals surface area contributed by atoms with Crippen LogP contribution in [0.4, 0.5) is 10.1 Å². The highest BCUT2D eigenvalue weighted by molar-refractivity contribution is 7.91. The van der Waals surface area contributed by atoms with Gasteiger partial charge in [-0.1, -0.05) is 24.3 Å². The molecule has 0 radical (unpaired) electrons. The number of benzene rings is 2. The van der Waals surface area contributed by atoms with E-state index in [4.69, 9.17) is 0 Å². The summed E-state index contributed by atoms with van der Waals surface area (Å²) in [6.07, 6.45) is 0. The number of carbonyl (C=O) groups excluding carboxylic acids is 1. The minimum atomic E-state index is -3.23. The predicted octanol–water partition coefficient (Wildman–Crippen LogP) is 2.15. The van der Waals surface area contributed by atoms with Gasteiger partial charge in [0.25, 0.3) is 0 Å². The number of rotatable bonds is 3. The van der Waals surface area contributed by atoms with Gasteiger partial charge >= 0.3 is 0 Å². The zero-order valence-corrected chi connectivity index (χ0v) is 15.8. The third-order valence-electron chi connectivity index (χ3n) is 5.28. The standard InChI is InChI=1S/C20H21FN2O3S/c1-14-3-2-4-17(9-14)23-19-13-27(25,26)12-18(19)22(11-20(23)24)10-15-5-7-16(21)8-6-15/h2-9,18-19H,10-13H2,1H3. The van der Waals surface area contributed by atoms with Gasteiger partial charge in [-0.2, -0.15) is 0 Å². The van der Waals surface area contributed by atoms with E-state index in [2.05, 4.69) is 0 Å². The Balaban J connectivity index is 1.66. The zero-order chi connectivity index (χ0) is 19.2. The van der Waals surface area contributed by atoms with Crippen LogP contribution in [-0.4, -0.2) is 49.4 Å². The van der Waals surface area contributed by atoms with E-state index in [0.29, 0.717) is 6.54 Å². The van der Waals surface area contributed by atoms with E-state index in [9.17, 15) is 17.6 Å². The van der Waals surface area contributed by atoms with Crippen LogP contribution < -0.4 is 4.90 Å². The van der Waals surface area contributed by atoms with Crippen molar-refractivity contribution >= 4 is 21.4 Å². The fourth-order valence-corrected chi connectivity index (χ4v) is 6.05. The molecular formula is C20H21FN2O3S. The first-order chi connectivity index (χ1) is 12.8. The Morgan fingerprint density at radius 2 is 1.78 bits per heavy atom. The normalized spacial score (nSPS) is 24.8. The lowest BCUT2D eigenvalue weighted by Gasteiger charge is -2.43. The van der Waals surface area contributed by atoms with Crippen LogP contribution in [0, 0.1) is 12.7 Å². The van der Waals surface area contributed by atoms with Gasteiger partial charge in [0.05, 0.1) is 24.1 Å². The average Bonchev–Trinajstić information content (AvgIpc) is 2.92. The van der Waals surface area contributed by atoms with Gasteiger partial charge in [-0.15, -0.1) is 0 Å². The van der Waals surface area contributed by atoms with E-state index in [0.717, 1.165) is 16.8 Å². The number of aryl methyl sites for hydroxylation is 1. The topological polar surface area (TPSA) is 57.7 Å². The number of sulfone groups is 1. The van der Waals surface area contributed by atoms with E-state index in [-0.39, 0.29) is 35.8 Å². The van der Waals surface area contributed by atoms with Crippen molar-refractivity contribution in [2.75, 3.05) is 23.0 Å². The van der Waals surface area contributed by atoms with Crippen LogP contribution in [-0.2, 0) is 21.2 Å². The summed E-state index contributed by atoms with van der Waals surface area (Å²) in [6, 6.07) is 13.0. The molecule has 2 aliphatic rings. The highest BCUT2D eigenvalue weighted by Gasteiger charge is 2.49. The molecule has 0 saturated carbocycles. The molecule has 0 spiro atoms. The van der Waals surface area contributed by atoms with Gasteiger partial charge in [-0.3, -0.25) is 9.69 Å². The second-order valence-electron chi connectivity index (χ2n) is 7.35. The Kier molecular flexibility index (Phi) is 4.52. The number of hydrogen-bond donors (Lipinski definition) is 0. The molecule has 2 atom stereocenters. The van der Waals surface area contributed by atoms with E-state index in [1.807, 2.05) is 36.1 Å². The molecule has 2 heterocycles. The smallest absolute Gasteiger partial charge is 0.241 e. The summed E-state index contributed by atoms with van der Waals surface area (Å²) in [6.45, 7) is 2.51. The van der Waals surface area contributed by atoms with Crippen LogP contribution in [0.5, 0.6) is 0 Å². The molecule has 4 rings (SSSR count). The van der Waals surface area contributed by atoms with Crippen molar-refractivity contribution in [2.24, 2.45) is 0 Å². The van der Waals surface area contributed by atoms with Gasteiger partial charge in [0, 0.05) is 18.3 Å². The molecule has 2 fully saturated rings. The highest BCUT2D eigenvalue weighted by Crippen LogP contribution is 2.32. The lowest BCUT2D eigenvalue weighted by molar-refractivity contribution is -0.123. The molecule has 0 aliphatic carbocycles. The predicted molar refractivity (Wildman–Crippen MR) is 102 cm³/mol. The van der Waals surface area contributed by atoms with Crippen molar-refractivity contribution in [3.63, 3.8) is 0 Å². The number of halogens is 1. The molecule has 0 aromatic heterocycles. The van der Waals surface area contributed by atoms with Gasteiger partial charge in [0.15, 0.2) is 9.84 Å². The summed E-state index contributed by atoms with van der Waals surface area (Å²) < 4.78 is 37.9. The number of amides is 1. The zero-order valence-electron chi connectivity index (χ0n) is 15.0. The number of carbonyl (C=O) groups is 1. The number of hydrogen-bond acceptors (Lipinski definition) is 4. The fourth-order valence-electron chi connectivity index (χ4n) is 4.07. The third-order valence-corrected chi connectivity index (χ3v) is 6.98. The van der Waals surface area contributed by atoms with Crippen LogP contribution in [0.1, 0.15) is 11.1 Å². The summed E-state index contributed by atoms with van der Waals surface area (Å²) in [5.74, 6) is -0.424. The number of fused-ring (bicyclic) bond motifs is 1. The maximum Gasteiger partial charge on any atom is 0.241 e. The molecule has 2 unspecified atom stereocenters. The van der Waals surface area contributed by atoms with E-state index < -0.39 is 15.9 Å². The minimum Gasteiger partial charge on any atom is -0.306 e. The van der Waals surface area contributed by atoms with Crippen molar-refractivity contribution in [3.05, 3.63) is 65.5 Å². The summed E-state index contributed by atoms with van der Waals surface area (Å²) in [7, 11) is -3.23. The second-order valence-corrected chi connectivity index (χ2v) is 9.50. The van der Waals surface area contributed by atoms with Crippen LogP contribution in [0.25, 0.3) is 0 Å². The maximum absolute atomic E-state index is 13.2. The molecular weight excluding hydrogens is 367 g/mol.